The number of benzene rings is 2. The van der Waals surface area contributed by atoms with Gasteiger partial charge in [0.1, 0.15) is 0 Å². The van der Waals surface area contributed by atoms with Gasteiger partial charge in [-0.25, -0.2) is 13.6 Å². The van der Waals surface area contributed by atoms with Gasteiger partial charge in [-0.3, -0.25) is 4.79 Å². The Morgan fingerprint density at radius 3 is 2.60 bits per heavy atom. The predicted octanol–water partition coefficient (Wildman–Crippen LogP) is 3.35. The molecular weight excluding hydrogens is 422 g/mol. The maximum absolute atomic E-state index is 12.1. The van der Waals surface area contributed by atoms with Gasteiger partial charge < -0.3 is 10.6 Å². The van der Waals surface area contributed by atoms with Crippen molar-refractivity contribution >= 4 is 27.5 Å². The number of halogens is 1. The minimum Gasteiger partial charge on any atom is -0.351 e. The molecular formula is C22H28ClN3O3S. The van der Waals surface area contributed by atoms with E-state index in [1.165, 1.54) is 11.1 Å². The number of hydrogen-bond acceptors (Lipinski definition) is 4. The summed E-state index contributed by atoms with van der Waals surface area (Å²) in [7, 11) is -3.58. The van der Waals surface area contributed by atoms with Crippen LogP contribution in [0.2, 0.25) is 5.02 Å². The maximum atomic E-state index is 12.1. The molecule has 0 heterocycles. The second kappa shape index (κ2) is 9.92. The van der Waals surface area contributed by atoms with Crippen LogP contribution in [0.25, 0.3) is 0 Å². The minimum atomic E-state index is -3.58. The van der Waals surface area contributed by atoms with Crippen molar-refractivity contribution in [3.8, 4) is 0 Å². The van der Waals surface area contributed by atoms with E-state index in [0.29, 0.717) is 17.5 Å². The van der Waals surface area contributed by atoms with E-state index in [4.69, 9.17) is 16.7 Å². The van der Waals surface area contributed by atoms with Crippen molar-refractivity contribution in [2.45, 2.75) is 44.2 Å². The lowest BCUT2D eigenvalue weighted by Gasteiger charge is -2.20. The molecule has 2 aromatic carbocycles. The molecule has 1 unspecified atom stereocenters. The quantitative estimate of drug-likeness (QED) is 0.575. The van der Waals surface area contributed by atoms with Gasteiger partial charge in [0.15, 0.2) is 0 Å². The first-order valence-corrected chi connectivity index (χ1v) is 12.2. The smallest absolute Gasteiger partial charge is 0.251 e. The molecule has 0 radical (unpaired) electrons. The fourth-order valence-corrected chi connectivity index (χ4v) is 4.56. The summed E-state index contributed by atoms with van der Waals surface area (Å²) in [6, 6.07) is 16.2. The molecule has 0 aliphatic heterocycles. The molecule has 1 amide bonds. The number of hydrogen-bond donors (Lipinski definition) is 3. The molecule has 1 aliphatic carbocycles. The summed E-state index contributed by atoms with van der Waals surface area (Å²) in [6.07, 6.45) is 3.25. The molecule has 2 aromatic rings. The Morgan fingerprint density at radius 2 is 1.93 bits per heavy atom. The summed E-state index contributed by atoms with van der Waals surface area (Å²) in [6.45, 7) is 2.16. The molecule has 4 N–H and O–H groups in total. The van der Waals surface area contributed by atoms with E-state index in [1.54, 1.807) is 12.1 Å². The van der Waals surface area contributed by atoms with Gasteiger partial charge in [0.25, 0.3) is 5.91 Å². The molecule has 3 atom stereocenters. The van der Waals surface area contributed by atoms with Crippen molar-refractivity contribution in [3.63, 3.8) is 0 Å². The summed E-state index contributed by atoms with van der Waals surface area (Å²) < 4.78 is 21.9. The van der Waals surface area contributed by atoms with Gasteiger partial charge in [0, 0.05) is 29.2 Å². The minimum absolute atomic E-state index is 0.000202. The van der Waals surface area contributed by atoms with Crippen molar-refractivity contribution in [2.75, 3.05) is 12.3 Å². The number of amides is 1. The topological polar surface area (TPSA) is 101 Å². The van der Waals surface area contributed by atoms with Crippen molar-refractivity contribution in [2.24, 2.45) is 5.14 Å². The van der Waals surface area contributed by atoms with Crippen molar-refractivity contribution in [1.29, 1.82) is 0 Å². The lowest BCUT2D eigenvalue weighted by molar-refractivity contribution is 0.0956. The predicted molar refractivity (Wildman–Crippen MR) is 120 cm³/mol. The number of carbonyl (C=O) groups excluding carboxylic acids is 1. The van der Waals surface area contributed by atoms with Gasteiger partial charge in [0.2, 0.25) is 10.0 Å². The Hall–Kier alpha value is -1.93. The Kier molecular flexibility index (Phi) is 7.52. The molecule has 0 spiro atoms. The molecule has 162 valence electrons. The highest BCUT2D eigenvalue weighted by atomic mass is 35.5. The molecule has 0 bridgehead atoms. The summed E-state index contributed by atoms with van der Waals surface area (Å²) in [5.74, 6) is -0.124. The zero-order valence-electron chi connectivity index (χ0n) is 17.0. The lowest BCUT2D eigenvalue weighted by Crippen LogP contribution is -2.31. The van der Waals surface area contributed by atoms with Gasteiger partial charge in [-0.1, -0.05) is 35.9 Å². The van der Waals surface area contributed by atoms with Crippen LogP contribution in [-0.2, 0) is 10.0 Å². The zero-order valence-corrected chi connectivity index (χ0v) is 18.5. The third-order valence-corrected chi connectivity index (χ3v) is 6.59. The van der Waals surface area contributed by atoms with E-state index >= 15 is 0 Å². The highest BCUT2D eigenvalue weighted by molar-refractivity contribution is 7.89. The molecule has 1 aliphatic rings. The second-order valence-electron chi connectivity index (χ2n) is 7.90. The largest absolute Gasteiger partial charge is 0.351 e. The fraction of sp³-hybridized carbons (Fsp3) is 0.409. The molecule has 8 heteroatoms. The highest BCUT2D eigenvalue weighted by Crippen LogP contribution is 2.35. The number of nitrogens with two attached hydrogens (primary N) is 1. The van der Waals surface area contributed by atoms with Crippen LogP contribution in [-0.4, -0.2) is 32.7 Å². The van der Waals surface area contributed by atoms with Gasteiger partial charge in [-0.15, -0.1) is 0 Å². The normalized spacial score (nSPS) is 20.1. The number of primary sulfonamides is 1. The fourth-order valence-electron chi connectivity index (χ4n) is 3.98. The average molecular weight is 450 g/mol. The van der Waals surface area contributed by atoms with Crippen LogP contribution in [0.4, 0.5) is 0 Å². The summed E-state index contributed by atoms with van der Waals surface area (Å²) >= 11 is 6.10. The molecule has 1 fully saturated rings. The molecule has 6 nitrogen and oxygen atoms in total. The standard InChI is InChI=1S/C22H28ClN3O3S/c1-15(18-3-2-4-20(23)13-18)26-21-10-9-19(14-21)16-5-7-17(8-6-16)22(27)25-11-12-30(24,28)29/h2-8,13,15,19,21,26H,9-12,14H2,1H3,(H,25,27)(H2,24,28,29)/t15-,19+,21?/m1/s1. The van der Waals surface area contributed by atoms with Crippen LogP contribution in [0, 0.1) is 0 Å². The van der Waals surface area contributed by atoms with Gasteiger partial charge in [-0.2, -0.15) is 0 Å². The first-order valence-electron chi connectivity index (χ1n) is 10.1. The average Bonchev–Trinajstić information content (AvgIpc) is 3.15. The van der Waals surface area contributed by atoms with Crippen molar-refractivity contribution < 1.29 is 13.2 Å². The Labute approximate surface area is 183 Å². The third kappa shape index (κ3) is 6.54. The lowest BCUT2D eigenvalue weighted by atomic mass is 9.96. The maximum Gasteiger partial charge on any atom is 0.251 e. The van der Waals surface area contributed by atoms with Crippen molar-refractivity contribution in [1.82, 2.24) is 10.6 Å². The van der Waals surface area contributed by atoms with E-state index < -0.39 is 10.0 Å². The zero-order chi connectivity index (χ0) is 21.7. The third-order valence-electron chi connectivity index (χ3n) is 5.58. The van der Waals surface area contributed by atoms with E-state index in [2.05, 4.69) is 23.6 Å². The Balaban J connectivity index is 1.52. The van der Waals surface area contributed by atoms with E-state index in [0.717, 1.165) is 24.3 Å². The molecule has 30 heavy (non-hydrogen) atoms. The van der Waals surface area contributed by atoms with Crippen LogP contribution in [0.3, 0.4) is 0 Å². The van der Waals surface area contributed by atoms with E-state index in [1.807, 2.05) is 30.3 Å². The van der Waals surface area contributed by atoms with Crippen molar-refractivity contribution in [3.05, 3.63) is 70.2 Å². The molecule has 3 rings (SSSR count). The Morgan fingerprint density at radius 1 is 1.20 bits per heavy atom. The first kappa shape index (κ1) is 22.7. The summed E-state index contributed by atoms with van der Waals surface area (Å²) in [5, 5.41) is 12.0. The Bertz CT molecular complexity index is 979. The first-order chi connectivity index (χ1) is 14.2. The monoisotopic (exact) mass is 449 g/mol. The van der Waals surface area contributed by atoms with Gasteiger partial charge in [0.05, 0.1) is 5.75 Å². The van der Waals surface area contributed by atoms with Gasteiger partial charge in [-0.05, 0) is 67.5 Å². The van der Waals surface area contributed by atoms with Gasteiger partial charge >= 0.3 is 0 Å². The van der Waals surface area contributed by atoms with Crippen LogP contribution in [0.5, 0.6) is 0 Å². The second-order valence-corrected chi connectivity index (χ2v) is 10.1. The summed E-state index contributed by atoms with van der Waals surface area (Å²) in [4.78, 5) is 12.1. The van der Waals surface area contributed by atoms with Crippen LogP contribution in [0.15, 0.2) is 48.5 Å². The SMILES string of the molecule is C[C@@H](NC1CC[C@H](c2ccc(C(=O)NCCS(N)(=O)=O)cc2)C1)c1cccc(Cl)c1. The number of sulfonamides is 1. The molecule has 0 aromatic heterocycles. The number of rotatable bonds is 8. The van der Waals surface area contributed by atoms with Crippen LogP contribution < -0.4 is 15.8 Å². The number of carbonyl (C=O) groups is 1. The molecule has 1 saturated carbocycles. The number of nitrogens with one attached hydrogen (secondary N) is 2. The molecule has 0 saturated heterocycles. The highest BCUT2D eigenvalue weighted by Gasteiger charge is 2.27. The summed E-state index contributed by atoms with van der Waals surface area (Å²) in [5.41, 5.74) is 2.91. The van der Waals surface area contributed by atoms with Crippen LogP contribution >= 0.6 is 11.6 Å². The van der Waals surface area contributed by atoms with E-state index in [-0.39, 0.29) is 24.2 Å². The van der Waals surface area contributed by atoms with E-state index in [9.17, 15) is 13.2 Å². The van der Waals surface area contributed by atoms with Crippen LogP contribution in [0.1, 0.15) is 59.6 Å².